The minimum Gasteiger partial charge on any atom is -0.309 e. The lowest BCUT2D eigenvalue weighted by atomic mass is 10.0. The van der Waals surface area contributed by atoms with E-state index < -0.39 is 0 Å². The maximum atomic E-state index is 13.6. The van der Waals surface area contributed by atoms with Crippen LogP contribution >= 0.6 is 11.8 Å². The molecule has 0 saturated carbocycles. The fourth-order valence-electron chi connectivity index (χ4n) is 1.95. The summed E-state index contributed by atoms with van der Waals surface area (Å²) in [5.74, 6) is 1.07. The van der Waals surface area contributed by atoms with Gasteiger partial charge in [0.05, 0.1) is 0 Å². The molecule has 1 aromatic rings. The lowest BCUT2D eigenvalue weighted by Gasteiger charge is -2.22. The topological polar surface area (TPSA) is 12.0 Å². The van der Waals surface area contributed by atoms with Gasteiger partial charge in [0, 0.05) is 16.9 Å². The Morgan fingerprint density at radius 3 is 3.00 bits per heavy atom. The zero-order valence-corrected chi connectivity index (χ0v) is 9.69. The number of nitrogens with one attached hydrogen (secondary N) is 1. The Balaban J connectivity index is 2.24. The molecule has 2 atom stereocenters. The number of halogens is 1. The van der Waals surface area contributed by atoms with E-state index in [9.17, 15) is 4.39 Å². The van der Waals surface area contributed by atoms with E-state index in [0.717, 1.165) is 12.1 Å². The second-order valence-electron chi connectivity index (χ2n) is 3.88. The minimum absolute atomic E-state index is 0.0932. The summed E-state index contributed by atoms with van der Waals surface area (Å²) >= 11 is 1.92. The average Bonchev–Trinajstić information content (AvgIpc) is 2.44. The Morgan fingerprint density at radius 1 is 1.40 bits per heavy atom. The Hall–Kier alpha value is -0.540. The van der Waals surface area contributed by atoms with Crippen molar-refractivity contribution in [2.24, 2.45) is 0 Å². The van der Waals surface area contributed by atoms with Gasteiger partial charge in [-0.1, -0.05) is 25.1 Å². The monoisotopic (exact) mass is 225 g/mol. The fourth-order valence-corrected chi connectivity index (χ4v) is 3.07. The first kappa shape index (κ1) is 11.0. The van der Waals surface area contributed by atoms with Crippen LogP contribution in [0.15, 0.2) is 24.3 Å². The lowest BCUT2D eigenvalue weighted by molar-refractivity contribution is 0.505. The number of hydrogen-bond acceptors (Lipinski definition) is 2. The van der Waals surface area contributed by atoms with E-state index in [2.05, 4.69) is 12.2 Å². The lowest BCUT2D eigenvalue weighted by Crippen LogP contribution is -2.28. The molecule has 1 nitrogen and oxygen atoms in total. The zero-order valence-electron chi connectivity index (χ0n) is 8.87. The zero-order chi connectivity index (χ0) is 10.7. The van der Waals surface area contributed by atoms with Crippen molar-refractivity contribution < 1.29 is 4.39 Å². The van der Waals surface area contributed by atoms with E-state index in [1.54, 1.807) is 12.1 Å². The van der Waals surface area contributed by atoms with E-state index >= 15 is 0 Å². The molecule has 1 aliphatic rings. The average molecular weight is 225 g/mol. The Labute approximate surface area is 94.5 Å². The van der Waals surface area contributed by atoms with Crippen molar-refractivity contribution in [3.8, 4) is 0 Å². The third-order valence-electron chi connectivity index (χ3n) is 2.78. The van der Waals surface area contributed by atoms with Gasteiger partial charge in [0.15, 0.2) is 0 Å². The van der Waals surface area contributed by atoms with Gasteiger partial charge in [0.25, 0.3) is 0 Å². The minimum atomic E-state index is -0.0932. The molecule has 0 bridgehead atoms. The van der Waals surface area contributed by atoms with Crippen molar-refractivity contribution >= 4 is 11.8 Å². The van der Waals surface area contributed by atoms with Crippen LogP contribution < -0.4 is 5.32 Å². The van der Waals surface area contributed by atoms with Crippen LogP contribution in [0, 0.1) is 5.82 Å². The van der Waals surface area contributed by atoms with Crippen LogP contribution in [-0.2, 0) is 0 Å². The molecule has 2 rings (SSSR count). The largest absolute Gasteiger partial charge is 0.309 e. The van der Waals surface area contributed by atoms with Gasteiger partial charge in [0.2, 0.25) is 0 Å². The smallest absolute Gasteiger partial charge is 0.128 e. The van der Waals surface area contributed by atoms with Gasteiger partial charge in [0.1, 0.15) is 5.82 Å². The SMILES string of the molecule is CC1SCCCNC1c1ccccc1F. The third-order valence-corrected chi connectivity index (χ3v) is 4.10. The molecule has 0 amide bonds. The Kier molecular flexibility index (Phi) is 3.65. The van der Waals surface area contributed by atoms with Gasteiger partial charge in [-0.2, -0.15) is 11.8 Å². The summed E-state index contributed by atoms with van der Waals surface area (Å²) < 4.78 is 13.6. The molecule has 1 fully saturated rings. The van der Waals surface area contributed by atoms with Crippen LogP contribution in [0.1, 0.15) is 24.9 Å². The molecule has 0 aliphatic carbocycles. The van der Waals surface area contributed by atoms with Crippen molar-refractivity contribution in [3.05, 3.63) is 35.6 Å². The molecule has 0 spiro atoms. The molecule has 2 unspecified atom stereocenters. The molecular formula is C12H16FNS. The van der Waals surface area contributed by atoms with Gasteiger partial charge in [-0.05, 0) is 24.8 Å². The van der Waals surface area contributed by atoms with E-state index in [1.165, 1.54) is 12.2 Å². The van der Waals surface area contributed by atoms with Gasteiger partial charge in [-0.15, -0.1) is 0 Å². The molecule has 1 aromatic carbocycles. The molecular weight excluding hydrogens is 209 g/mol. The van der Waals surface area contributed by atoms with E-state index in [-0.39, 0.29) is 11.9 Å². The highest BCUT2D eigenvalue weighted by atomic mass is 32.2. The summed E-state index contributed by atoms with van der Waals surface area (Å²) in [7, 11) is 0. The molecule has 3 heteroatoms. The molecule has 1 saturated heterocycles. The second kappa shape index (κ2) is 4.99. The van der Waals surface area contributed by atoms with E-state index in [1.807, 2.05) is 23.9 Å². The molecule has 0 radical (unpaired) electrons. The first-order chi connectivity index (χ1) is 7.29. The van der Waals surface area contributed by atoms with Crippen molar-refractivity contribution in [1.29, 1.82) is 0 Å². The second-order valence-corrected chi connectivity index (χ2v) is 5.37. The first-order valence-electron chi connectivity index (χ1n) is 5.38. The van der Waals surface area contributed by atoms with Crippen molar-refractivity contribution in [3.63, 3.8) is 0 Å². The quantitative estimate of drug-likeness (QED) is 0.788. The first-order valence-corrected chi connectivity index (χ1v) is 6.43. The predicted octanol–water partition coefficient (Wildman–Crippen LogP) is 2.98. The standard InChI is InChI=1S/C12H16FNS/c1-9-12(14-7-4-8-15-9)10-5-2-3-6-11(10)13/h2-3,5-6,9,12,14H,4,7-8H2,1H3. The summed E-state index contributed by atoms with van der Waals surface area (Å²) in [4.78, 5) is 0. The molecule has 82 valence electrons. The number of rotatable bonds is 1. The molecule has 0 aromatic heterocycles. The predicted molar refractivity (Wildman–Crippen MR) is 63.7 cm³/mol. The van der Waals surface area contributed by atoms with Crippen molar-refractivity contribution in [1.82, 2.24) is 5.32 Å². The van der Waals surface area contributed by atoms with Crippen LogP contribution in [0.4, 0.5) is 4.39 Å². The molecule has 1 N–H and O–H groups in total. The maximum absolute atomic E-state index is 13.6. The summed E-state index contributed by atoms with van der Waals surface area (Å²) in [6.45, 7) is 3.15. The highest BCUT2D eigenvalue weighted by Gasteiger charge is 2.23. The highest BCUT2D eigenvalue weighted by Crippen LogP contribution is 2.30. The van der Waals surface area contributed by atoms with E-state index in [0.29, 0.717) is 5.25 Å². The number of benzene rings is 1. The number of hydrogen-bond donors (Lipinski definition) is 1. The number of thioether (sulfide) groups is 1. The maximum Gasteiger partial charge on any atom is 0.128 e. The van der Waals surface area contributed by atoms with Gasteiger partial charge >= 0.3 is 0 Å². The van der Waals surface area contributed by atoms with Crippen LogP contribution in [0.5, 0.6) is 0 Å². The van der Waals surface area contributed by atoms with Gasteiger partial charge in [-0.3, -0.25) is 0 Å². The fraction of sp³-hybridized carbons (Fsp3) is 0.500. The van der Waals surface area contributed by atoms with E-state index in [4.69, 9.17) is 0 Å². The summed E-state index contributed by atoms with van der Waals surface area (Å²) in [5.41, 5.74) is 0.805. The summed E-state index contributed by atoms with van der Waals surface area (Å²) in [6, 6.07) is 7.23. The summed E-state index contributed by atoms with van der Waals surface area (Å²) in [5, 5.41) is 3.86. The van der Waals surface area contributed by atoms with Crippen molar-refractivity contribution in [2.45, 2.75) is 24.6 Å². The molecule has 1 aliphatic heterocycles. The summed E-state index contributed by atoms with van der Waals surface area (Å²) in [6.07, 6.45) is 1.17. The highest BCUT2D eigenvalue weighted by molar-refractivity contribution is 7.99. The Morgan fingerprint density at radius 2 is 2.20 bits per heavy atom. The van der Waals surface area contributed by atoms with Gasteiger partial charge < -0.3 is 5.32 Å². The van der Waals surface area contributed by atoms with Crippen LogP contribution in [0.3, 0.4) is 0 Å². The third kappa shape index (κ3) is 2.52. The van der Waals surface area contributed by atoms with Crippen molar-refractivity contribution in [2.75, 3.05) is 12.3 Å². The normalized spacial score (nSPS) is 27.3. The molecule has 15 heavy (non-hydrogen) atoms. The molecule has 1 heterocycles. The van der Waals surface area contributed by atoms with Crippen LogP contribution in [0.25, 0.3) is 0 Å². The van der Waals surface area contributed by atoms with Crippen LogP contribution in [-0.4, -0.2) is 17.5 Å². The van der Waals surface area contributed by atoms with Crippen LogP contribution in [0.2, 0.25) is 0 Å². The Bertz CT molecular complexity index is 329. The van der Waals surface area contributed by atoms with Gasteiger partial charge in [-0.25, -0.2) is 4.39 Å².